The van der Waals surface area contributed by atoms with Crippen molar-refractivity contribution in [2.24, 2.45) is 29.6 Å². The highest BCUT2D eigenvalue weighted by molar-refractivity contribution is 6.01. The van der Waals surface area contributed by atoms with Crippen molar-refractivity contribution in [1.29, 1.82) is 0 Å². The molecule has 1 saturated heterocycles. The Balaban J connectivity index is 1.56. The van der Waals surface area contributed by atoms with Crippen molar-refractivity contribution < 1.29 is 30.1 Å². The Morgan fingerprint density at radius 2 is 1.97 bits per heavy atom. The highest BCUT2D eigenvalue weighted by Gasteiger charge is 2.62. The van der Waals surface area contributed by atoms with Crippen LogP contribution in [0.4, 0.5) is 0 Å². The summed E-state index contributed by atoms with van der Waals surface area (Å²) in [5.74, 6) is -0.812. The van der Waals surface area contributed by atoms with Gasteiger partial charge in [0.25, 0.3) is 5.56 Å². The van der Waals surface area contributed by atoms with Gasteiger partial charge in [0, 0.05) is 11.5 Å². The van der Waals surface area contributed by atoms with Crippen molar-refractivity contribution in [2.75, 3.05) is 0 Å². The normalized spacial score (nSPS) is 42.8. The molecule has 0 radical (unpaired) electrons. The average Bonchev–Trinajstić information content (AvgIpc) is 3.56. The Morgan fingerprint density at radius 1 is 1.22 bits per heavy atom. The Morgan fingerprint density at radius 3 is 2.72 bits per heavy atom. The van der Waals surface area contributed by atoms with Crippen molar-refractivity contribution in [3.8, 4) is 5.75 Å². The number of allylic oxidation sites excluding steroid dienone is 2. The first kappa shape index (κ1) is 21.7. The summed E-state index contributed by atoms with van der Waals surface area (Å²) in [4.78, 5) is 26.6. The Hall–Kier alpha value is -2.16. The summed E-state index contributed by atoms with van der Waals surface area (Å²) in [6, 6.07) is 0. The van der Waals surface area contributed by atoms with Gasteiger partial charge in [-0.1, -0.05) is 32.4 Å². The first-order chi connectivity index (χ1) is 15.1. The second kappa shape index (κ2) is 7.43. The second-order valence-corrected chi connectivity index (χ2v) is 10.3. The highest BCUT2D eigenvalue weighted by atomic mass is 16.6. The number of hydrogen-bond donors (Lipinski definition) is 4. The highest BCUT2D eigenvalue weighted by Crippen LogP contribution is 2.52. The van der Waals surface area contributed by atoms with Gasteiger partial charge in [0.2, 0.25) is 0 Å². The van der Waals surface area contributed by atoms with Gasteiger partial charge in [0.1, 0.15) is 29.1 Å². The van der Waals surface area contributed by atoms with E-state index in [0.29, 0.717) is 5.92 Å². The third-order valence-electron chi connectivity index (χ3n) is 8.28. The lowest BCUT2D eigenvalue weighted by atomic mass is 9.61. The van der Waals surface area contributed by atoms with E-state index in [1.807, 2.05) is 13.0 Å². The number of Topliss-reactive ketones (excluding diaryl/α,β-unsaturated/α-hetero) is 1. The van der Waals surface area contributed by atoms with Crippen LogP contribution >= 0.6 is 0 Å². The van der Waals surface area contributed by atoms with Gasteiger partial charge in [-0.3, -0.25) is 9.59 Å². The molecule has 174 valence electrons. The van der Waals surface area contributed by atoms with E-state index < -0.39 is 52.5 Å². The molecule has 3 aliphatic carbocycles. The second-order valence-electron chi connectivity index (χ2n) is 10.3. The number of fused-ring (bicyclic) bond motifs is 2. The lowest BCUT2D eigenvalue weighted by molar-refractivity contribution is -0.0246. The van der Waals surface area contributed by atoms with Crippen LogP contribution in [0.1, 0.15) is 61.9 Å². The smallest absolute Gasteiger partial charge is 0.297 e. The molecule has 1 aliphatic heterocycles. The van der Waals surface area contributed by atoms with Gasteiger partial charge in [-0.15, -0.1) is 0 Å². The predicted octanol–water partition coefficient (Wildman–Crippen LogP) is 1.96. The maximum Gasteiger partial charge on any atom is 0.297 e. The van der Waals surface area contributed by atoms with E-state index in [2.05, 4.69) is 13.0 Å². The first-order valence-corrected chi connectivity index (χ1v) is 11.6. The van der Waals surface area contributed by atoms with Gasteiger partial charge in [0.15, 0.2) is 5.78 Å². The van der Waals surface area contributed by atoms with E-state index in [1.54, 1.807) is 0 Å². The third kappa shape index (κ3) is 3.15. The van der Waals surface area contributed by atoms with Crippen LogP contribution in [0, 0.1) is 29.6 Å². The number of aliphatic hydroxyl groups is 2. The van der Waals surface area contributed by atoms with Crippen LogP contribution in [0.3, 0.4) is 0 Å². The number of ketones is 1. The molecule has 0 amide bonds. The van der Waals surface area contributed by atoms with Gasteiger partial charge < -0.3 is 25.3 Å². The van der Waals surface area contributed by atoms with Crippen LogP contribution in [-0.2, 0) is 10.3 Å². The van der Waals surface area contributed by atoms with Crippen molar-refractivity contribution >= 4 is 5.78 Å². The predicted molar refractivity (Wildman–Crippen MR) is 113 cm³/mol. The van der Waals surface area contributed by atoms with Crippen LogP contribution in [-0.4, -0.2) is 49.4 Å². The Kier molecular flexibility index (Phi) is 5.03. The van der Waals surface area contributed by atoms with Crippen molar-refractivity contribution in [2.45, 2.75) is 69.9 Å². The molecule has 5 rings (SSSR count). The molecule has 2 heterocycles. The zero-order valence-corrected chi connectivity index (χ0v) is 18.3. The number of ether oxygens (including phenoxy) is 1. The van der Waals surface area contributed by atoms with Crippen molar-refractivity contribution in [1.82, 2.24) is 4.73 Å². The van der Waals surface area contributed by atoms with E-state index in [0.717, 1.165) is 25.5 Å². The monoisotopic (exact) mass is 445 g/mol. The van der Waals surface area contributed by atoms with E-state index in [1.165, 1.54) is 0 Å². The number of carbonyl (C=O) groups is 1. The minimum atomic E-state index is -1.71. The molecule has 0 bridgehead atoms. The van der Waals surface area contributed by atoms with Gasteiger partial charge >= 0.3 is 0 Å². The average molecular weight is 446 g/mol. The molecule has 4 N–H and O–H groups in total. The summed E-state index contributed by atoms with van der Waals surface area (Å²) in [6.45, 7) is 4.14. The van der Waals surface area contributed by atoms with Gasteiger partial charge in [-0.25, -0.2) is 0 Å². The fourth-order valence-corrected chi connectivity index (χ4v) is 6.44. The van der Waals surface area contributed by atoms with E-state index in [9.17, 15) is 30.1 Å². The fourth-order valence-electron chi connectivity index (χ4n) is 6.44. The molecule has 9 atom stereocenters. The van der Waals surface area contributed by atoms with Crippen LogP contribution in [0.25, 0.3) is 0 Å². The SMILES string of the molecule is C[C@H]1CC[C@@H]2C(C(=O)c3c(O)c(C4(O)CCC(O)C5OC54)cn(O)c3=O)[C@@H](C)C=C[C@H]2C1. The summed E-state index contributed by atoms with van der Waals surface area (Å²) in [7, 11) is 0. The fraction of sp³-hybridized carbons (Fsp3) is 0.667. The van der Waals surface area contributed by atoms with Crippen LogP contribution in [0.15, 0.2) is 23.1 Å². The van der Waals surface area contributed by atoms with E-state index in [4.69, 9.17) is 4.74 Å². The number of aromatic hydroxyl groups is 1. The molecule has 0 spiro atoms. The van der Waals surface area contributed by atoms with Crippen LogP contribution in [0.2, 0.25) is 0 Å². The third-order valence-corrected chi connectivity index (χ3v) is 8.28. The summed E-state index contributed by atoms with van der Waals surface area (Å²) >= 11 is 0. The van der Waals surface area contributed by atoms with E-state index >= 15 is 0 Å². The maximum absolute atomic E-state index is 13.8. The topological polar surface area (TPSA) is 133 Å². The zero-order chi connectivity index (χ0) is 22.9. The molecular formula is C24H31NO7. The number of aliphatic hydroxyl groups excluding tert-OH is 1. The molecule has 1 aromatic heterocycles. The lowest BCUT2D eigenvalue weighted by Crippen LogP contribution is -2.44. The summed E-state index contributed by atoms with van der Waals surface area (Å²) in [5.41, 5.74) is -3.30. The lowest BCUT2D eigenvalue weighted by Gasteiger charge is -2.42. The Labute approximate surface area is 186 Å². The van der Waals surface area contributed by atoms with Gasteiger partial charge in [-0.2, -0.15) is 4.73 Å². The number of pyridine rings is 1. The van der Waals surface area contributed by atoms with Crippen molar-refractivity contribution in [3.05, 3.63) is 39.8 Å². The standard InChI is InChI=1S/C24H31NO7/c1-11-3-6-14-13(9-11)5-4-12(2)17(14)20(28)18-19(27)15(10-25(31)23(18)29)24(30)8-7-16(26)21-22(24)32-21/h4-5,10-14,16-17,21-22,26-27,30-31H,3,6-9H2,1-2H3/t11-,12-,13-,14-,16?,17?,21?,22?,24?/m0/s1. The number of aromatic nitrogens is 1. The molecular weight excluding hydrogens is 414 g/mol. The summed E-state index contributed by atoms with van der Waals surface area (Å²) in [5, 5.41) is 42.7. The number of nitrogens with zero attached hydrogens (tertiary/aromatic N) is 1. The largest absolute Gasteiger partial charge is 0.507 e. The van der Waals surface area contributed by atoms with E-state index in [-0.39, 0.29) is 40.9 Å². The van der Waals surface area contributed by atoms with Crippen LogP contribution < -0.4 is 5.56 Å². The van der Waals surface area contributed by atoms with Crippen LogP contribution in [0.5, 0.6) is 5.75 Å². The molecule has 3 fully saturated rings. The molecule has 32 heavy (non-hydrogen) atoms. The molecule has 2 saturated carbocycles. The van der Waals surface area contributed by atoms with Gasteiger partial charge in [0.05, 0.1) is 12.3 Å². The maximum atomic E-state index is 13.8. The number of rotatable bonds is 3. The molecule has 8 nitrogen and oxygen atoms in total. The quantitative estimate of drug-likeness (QED) is 0.242. The minimum Gasteiger partial charge on any atom is -0.507 e. The molecule has 0 aromatic carbocycles. The molecule has 1 aromatic rings. The first-order valence-electron chi connectivity index (χ1n) is 11.6. The number of carbonyl (C=O) groups excluding carboxylic acids is 1. The van der Waals surface area contributed by atoms with Gasteiger partial charge in [-0.05, 0) is 49.4 Å². The number of epoxide rings is 1. The number of hydrogen-bond acceptors (Lipinski definition) is 7. The summed E-state index contributed by atoms with van der Waals surface area (Å²) < 4.78 is 5.70. The zero-order valence-electron chi connectivity index (χ0n) is 18.3. The van der Waals surface area contributed by atoms with Crippen molar-refractivity contribution in [3.63, 3.8) is 0 Å². The summed E-state index contributed by atoms with van der Waals surface area (Å²) in [6.07, 6.45) is 6.25. The Bertz CT molecular complexity index is 1030. The molecule has 8 heteroatoms. The minimum absolute atomic E-state index is 0.0670. The molecule has 5 unspecified atom stereocenters. The molecule has 4 aliphatic rings.